The van der Waals surface area contributed by atoms with Gasteiger partial charge in [0, 0.05) is 0 Å². The molecule has 0 unspecified atom stereocenters. The lowest BCUT2D eigenvalue weighted by atomic mass is 9.87. The third-order valence-corrected chi connectivity index (χ3v) is 4.85. The number of rotatable bonds is 5. The highest BCUT2D eigenvalue weighted by Crippen LogP contribution is 2.24. The Balaban J connectivity index is 1.58. The molecular formula is C22H26N2O. The zero-order valence-electron chi connectivity index (χ0n) is 15.1. The highest BCUT2D eigenvalue weighted by Gasteiger charge is 2.14. The van der Waals surface area contributed by atoms with E-state index in [1.807, 2.05) is 12.1 Å². The lowest BCUT2D eigenvalue weighted by Crippen LogP contribution is -2.21. The van der Waals surface area contributed by atoms with Crippen molar-refractivity contribution in [3.8, 4) is 0 Å². The van der Waals surface area contributed by atoms with Crippen molar-refractivity contribution in [1.29, 1.82) is 0 Å². The van der Waals surface area contributed by atoms with Crippen molar-refractivity contribution >= 4 is 12.1 Å². The molecular weight excluding hydrogens is 308 g/mol. The number of nitrogens with one attached hydrogen (secondary N) is 1. The molecule has 1 aliphatic carbocycles. The third kappa shape index (κ3) is 4.56. The first-order chi connectivity index (χ1) is 12.1. The van der Waals surface area contributed by atoms with Crippen LogP contribution in [0.25, 0.3) is 0 Å². The Morgan fingerprint density at radius 2 is 1.88 bits per heavy atom. The van der Waals surface area contributed by atoms with Gasteiger partial charge in [0.2, 0.25) is 5.91 Å². The second-order valence-electron chi connectivity index (χ2n) is 7.05. The molecule has 0 saturated carbocycles. The third-order valence-electron chi connectivity index (χ3n) is 4.85. The lowest BCUT2D eigenvalue weighted by molar-refractivity contribution is -0.120. The van der Waals surface area contributed by atoms with Gasteiger partial charge in [-0.15, -0.1) is 0 Å². The maximum absolute atomic E-state index is 12.2. The molecule has 3 rings (SSSR count). The number of hydrogen-bond acceptors (Lipinski definition) is 2. The number of amides is 1. The van der Waals surface area contributed by atoms with E-state index in [4.69, 9.17) is 0 Å². The quantitative estimate of drug-likeness (QED) is 0.640. The fourth-order valence-electron chi connectivity index (χ4n) is 3.38. The standard InChI is InChI=1S/C22H26N2O/c1-16(2)18-12-10-17(11-13-18)15-23-24-22(25)14-20-8-5-7-19-6-3-4-9-21(19)20/h5,7-8,10-13,15-16H,3-4,6,9,14H2,1-2H3,(H,24,25)/b23-15-. The van der Waals surface area contributed by atoms with Gasteiger partial charge in [-0.25, -0.2) is 5.43 Å². The minimum Gasteiger partial charge on any atom is -0.273 e. The summed E-state index contributed by atoms with van der Waals surface area (Å²) in [5.41, 5.74) is 8.87. The number of nitrogens with zero attached hydrogens (tertiary/aromatic N) is 1. The maximum Gasteiger partial charge on any atom is 0.244 e. The first-order valence-electron chi connectivity index (χ1n) is 9.15. The molecule has 2 aromatic rings. The number of aryl methyl sites for hydroxylation is 1. The average Bonchev–Trinajstić information content (AvgIpc) is 2.62. The minimum absolute atomic E-state index is 0.0611. The zero-order chi connectivity index (χ0) is 17.6. The van der Waals surface area contributed by atoms with E-state index < -0.39 is 0 Å². The van der Waals surface area contributed by atoms with Crippen molar-refractivity contribution in [1.82, 2.24) is 5.43 Å². The van der Waals surface area contributed by atoms with Gasteiger partial charge >= 0.3 is 0 Å². The first kappa shape index (κ1) is 17.4. The molecule has 1 N–H and O–H groups in total. The van der Waals surface area contributed by atoms with E-state index in [1.165, 1.54) is 29.5 Å². The summed E-state index contributed by atoms with van der Waals surface area (Å²) in [6.07, 6.45) is 6.79. The molecule has 0 fully saturated rings. The molecule has 1 aliphatic rings. The van der Waals surface area contributed by atoms with Crippen LogP contribution in [0.2, 0.25) is 0 Å². The van der Waals surface area contributed by atoms with Gasteiger partial charge in [-0.3, -0.25) is 4.79 Å². The van der Waals surface area contributed by atoms with Crippen LogP contribution in [0.1, 0.15) is 60.4 Å². The Labute approximate surface area is 150 Å². The molecule has 0 spiro atoms. The zero-order valence-corrected chi connectivity index (χ0v) is 15.1. The summed E-state index contributed by atoms with van der Waals surface area (Å²) in [6, 6.07) is 14.6. The van der Waals surface area contributed by atoms with E-state index in [0.717, 1.165) is 24.0 Å². The number of carbonyl (C=O) groups excluding carboxylic acids is 1. The Morgan fingerprint density at radius 1 is 1.12 bits per heavy atom. The van der Waals surface area contributed by atoms with Gasteiger partial charge < -0.3 is 0 Å². The molecule has 130 valence electrons. The van der Waals surface area contributed by atoms with Crippen molar-refractivity contribution < 1.29 is 4.79 Å². The van der Waals surface area contributed by atoms with Crippen LogP contribution in [0.5, 0.6) is 0 Å². The second-order valence-corrected chi connectivity index (χ2v) is 7.05. The minimum atomic E-state index is -0.0611. The fraction of sp³-hybridized carbons (Fsp3) is 0.364. The van der Waals surface area contributed by atoms with E-state index in [-0.39, 0.29) is 5.91 Å². The molecule has 1 amide bonds. The molecule has 0 heterocycles. The Kier molecular flexibility index (Phi) is 5.64. The Hall–Kier alpha value is -2.42. The van der Waals surface area contributed by atoms with Crippen LogP contribution in [0, 0.1) is 0 Å². The summed E-state index contributed by atoms with van der Waals surface area (Å²) >= 11 is 0. The van der Waals surface area contributed by atoms with Crippen LogP contribution < -0.4 is 5.43 Å². The average molecular weight is 334 g/mol. The van der Waals surface area contributed by atoms with E-state index in [1.54, 1.807) is 6.21 Å². The normalized spacial score (nSPS) is 13.9. The van der Waals surface area contributed by atoms with Crippen LogP contribution >= 0.6 is 0 Å². The Bertz CT molecular complexity index is 760. The number of hydrazone groups is 1. The van der Waals surface area contributed by atoms with Crippen LogP contribution in [0.15, 0.2) is 47.6 Å². The van der Waals surface area contributed by atoms with Crippen molar-refractivity contribution in [3.05, 3.63) is 70.3 Å². The summed E-state index contributed by atoms with van der Waals surface area (Å²) in [7, 11) is 0. The van der Waals surface area contributed by atoms with Gasteiger partial charge in [0.1, 0.15) is 0 Å². The maximum atomic E-state index is 12.2. The van der Waals surface area contributed by atoms with Crippen LogP contribution in [-0.4, -0.2) is 12.1 Å². The van der Waals surface area contributed by atoms with E-state index in [0.29, 0.717) is 12.3 Å². The molecule has 3 nitrogen and oxygen atoms in total. The van der Waals surface area contributed by atoms with Gasteiger partial charge in [-0.05, 0) is 59.4 Å². The smallest absolute Gasteiger partial charge is 0.244 e. The van der Waals surface area contributed by atoms with Crippen LogP contribution in [0.4, 0.5) is 0 Å². The van der Waals surface area contributed by atoms with E-state index in [9.17, 15) is 4.79 Å². The predicted octanol–water partition coefficient (Wildman–Crippen LogP) is 4.38. The molecule has 0 atom stereocenters. The van der Waals surface area contributed by atoms with Gasteiger partial charge in [-0.2, -0.15) is 5.10 Å². The molecule has 0 aromatic heterocycles. The highest BCUT2D eigenvalue weighted by molar-refractivity contribution is 5.83. The number of hydrogen-bond donors (Lipinski definition) is 1. The monoisotopic (exact) mass is 334 g/mol. The van der Waals surface area contributed by atoms with Crippen molar-refractivity contribution in [2.75, 3.05) is 0 Å². The lowest BCUT2D eigenvalue weighted by Gasteiger charge is -2.18. The predicted molar refractivity (Wildman–Crippen MR) is 103 cm³/mol. The summed E-state index contributed by atoms with van der Waals surface area (Å²) in [5.74, 6) is 0.455. The van der Waals surface area contributed by atoms with Crippen molar-refractivity contribution in [2.45, 2.75) is 51.9 Å². The summed E-state index contributed by atoms with van der Waals surface area (Å²) < 4.78 is 0. The van der Waals surface area contributed by atoms with Gasteiger partial charge in [0.25, 0.3) is 0 Å². The van der Waals surface area contributed by atoms with Crippen molar-refractivity contribution in [3.63, 3.8) is 0 Å². The first-order valence-corrected chi connectivity index (χ1v) is 9.15. The van der Waals surface area contributed by atoms with Crippen LogP contribution in [0.3, 0.4) is 0 Å². The summed E-state index contributed by atoms with van der Waals surface area (Å²) in [6.45, 7) is 4.34. The number of fused-ring (bicyclic) bond motifs is 1. The fourth-order valence-corrected chi connectivity index (χ4v) is 3.38. The summed E-state index contributed by atoms with van der Waals surface area (Å²) in [5, 5.41) is 4.10. The van der Waals surface area contributed by atoms with Crippen molar-refractivity contribution in [2.24, 2.45) is 5.10 Å². The van der Waals surface area contributed by atoms with Gasteiger partial charge in [0.05, 0.1) is 12.6 Å². The largest absolute Gasteiger partial charge is 0.273 e. The molecule has 25 heavy (non-hydrogen) atoms. The van der Waals surface area contributed by atoms with Crippen LogP contribution in [-0.2, 0) is 24.1 Å². The number of carbonyl (C=O) groups is 1. The molecule has 3 heteroatoms. The van der Waals surface area contributed by atoms with E-state index >= 15 is 0 Å². The Morgan fingerprint density at radius 3 is 2.64 bits per heavy atom. The highest BCUT2D eigenvalue weighted by atomic mass is 16.2. The molecule has 0 aliphatic heterocycles. The van der Waals surface area contributed by atoms with E-state index in [2.05, 4.69) is 54.7 Å². The SMILES string of the molecule is CC(C)c1ccc(/C=N\NC(=O)Cc2cccc3c2CCCC3)cc1. The van der Waals surface area contributed by atoms with Gasteiger partial charge in [-0.1, -0.05) is 56.3 Å². The molecule has 0 saturated heterocycles. The second kappa shape index (κ2) is 8.11. The molecule has 0 bridgehead atoms. The molecule has 0 radical (unpaired) electrons. The molecule has 2 aromatic carbocycles. The number of benzene rings is 2. The topological polar surface area (TPSA) is 41.5 Å². The summed E-state index contributed by atoms with van der Waals surface area (Å²) in [4.78, 5) is 12.2. The van der Waals surface area contributed by atoms with Gasteiger partial charge in [0.15, 0.2) is 0 Å².